The van der Waals surface area contributed by atoms with E-state index in [1.165, 1.54) is 17.7 Å². The number of carbonyl (C=O) groups is 1. The summed E-state index contributed by atoms with van der Waals surface area (Å²) in [5, 5.41) is 2.59. The molecule has 0 unspecified atom stereocenters. The van der Waals surface area contributed by atoms with E-state index in [4.69, 9.17) is 16.3 Å². The standard InChI is InChI=1S/C17H21ClF3NO2/c1-16(2,3)24-15(23)22-11-13(10-18)5-4-12-6-8-14(9-7-12)17(19,20)21/h6-10H,4-5,11H2,1-3H3,(H,22,23)/b13-10+. The van der Waals surface area contributed by atoms with E-state index in [0.29, 0.717) is 12.8 Å². The zero-order chi connectivity index (χ0) is 18.4. The predicted molar refractivity (Wildman–Crippen MR) is 87.9 cm³/mol. The van der Waals surface area contributed by atoms with Crippen molar-refractivity contribution >= 4 is 17.7 Å². The van der Waals surface area contributed by atoms with Crippen molar-refractivity contribution in [3.63, 3.8) is 0 Å². The number of hydrogen-bond acceptors (Lipinski definition) is 2. The highest BCUT2D eigenvalue weighted by molar-refractivity contribution is 6.25. The van der Waals surface area contributed by atoms with Gasteiger partial charge in [-0.1, -0.05) is 23.7 Å². The van der Waals surface area contributed by atoms with Gasteiger partial charge < -0.3 is 10.1 Å². The van der Waals surface area contributed by atoms with Gasteiger partial charge >= 0.3 is 12.3 Å². The van der Waals surface area contributed by atoms with Crippen LogP contribution in [0.5, 0.6) is 0 Å². The second kappa shape index (κ2) is 8.42. The molecule has 0 aliphatic heterocycles. The van der Waals surface area contributed by atoms with Gasteiger partial charge in [-0.2, -0.15) is 13.2 Å². The molecule has 0 saturated heterocycles. The number of alkyl carbamates (subject to hydrolysis) is 1. The van der Waals surface area contributed by atoms with Crippen LogP contribution in [0.25, 0.3) is 0 Å². The van der Waals surface area contributed by atoms with E-state index in [1.807, 2.05) is 0 Å². The van der Waals surface area contributed by atoms with Crippen molar-refractivity contribution in [2.45, 2.75) is 45.4 Å². The Balaban J connectivity index is 2.48. The van der Waals surface area contributed by atoms with Crippen LogP contribution in [-0.2, 0) is 17.3 Å². The van der Waals surface area contributed by atoms with Gasteiger partial charge in [-0.15, -0.1) is 0 Å². The Morgan fingerprint density at radius 2 is 1.79 bits per heavy atom. The van der Waals surface area contributed by atoms with Crippen molar-refractivity contribution in [3.8, 4) is 0 Å². The van der Waals surface area contributed by atoms with Crippen LogP contribution in [0.1, 0.15) is 38.3 Å². The summed E-state index contributed by atoms with van der Waals surface area (Å²) in [5.74, 6) is 0. The summed E-state index contributed by atoms with van der Waals surface area (Å²) < 4.78 is 42.6. The zero-order valence-electron chi connectivity index (χ0n) is 13.8. The van der Waals surface area contributed by atoms with E-state index in [1.54, 1.807) is 20.8 Å². The monoisotopic (exact) mass is 363 g/mol. The summed E-state index contributed by atoms with van der Waals surface area (Å²) in [6.07, 6.45) is -3.85. The lowest BCUT2D eigenvalue weighted by Crippen LogP contribution is -2.33. The Morgan fingerprint density at radius 1 is 1.21 bits per heavy atom. The molecule has 0 aliphatic rings. The maximum atomic E-state index is 12.5. The number of amides is 1. The Hall–Kier alpha value is -1.69. The second-order valence-corrected chi connectivity index (χ2v) is 6.54. The molecule has 1 aromatic rings. The molecule has 0 bridgehead atoms. The molecule has 0 radical (unpaired) electrons. The van der Waals surface area contributed by atoms with E-state index in [2.05, 4.69) is 5.32 Å². The number of benzene rings is 1. The van der Waals surface area contributed by atoms with Crippen LogP contribution in [0, 0.1) is 0 Å². The molecule has 0 aliphatic carbocycles. The normalized spacial score (nSPS) is 12.9. The lowest BCUT2D eigenvalue weighted by atomic mass is 10.0. The number of alkyl halides is 3. The molecule has 1 amide bonds. The maximum Gasteiger partial charge on any atom is 0.416 e. The van der Waals surface area contributed by atoms with Gasteiger partial charge in [0, 0.05) is 12.1 Å². The van der Waals surface area contributed by atoms with Crippen molar-refractivity contribution < 1.29 is 22.7 Å². The maximum absolute atomic E-state index is 12.5. The van der Waals surface area contributed by atoms with Gasteiger partial charge in [0.15, 0.2) is 0 Å². The zero-order valence-corrected chi connectivity index (χ0v) is 14.6. The van der Waals surface area contributed by atoms with Crippen molar-refractivity contribution in [2.24, 2.45) is 0 Å². The highest BCUT2D eigenvalue weighted by Crippen LogP contribution is 2.29. The molecule has 0 spiro atoms. The minimum absolute atomic E-state index is 0.221. The quantitative estimate of drug-likeness (QED) is 0.772. The van der Waals surface area contributed by atoms with Crippen molar-refractivity contribution in [1.29, 1.82) is 0 Å². The molecular weight excluding hydrogens is 343 g/mol. The molecule has 1 rings (SSSR count). The van der Waals surface area contributed by atoms with Crippen LogP contribution in [0.3, 0.4) is 0 Å². The minimum atomic E-state index is -4.34. The molecule has 0 heterocycles. The van der Waals surface area contributed by atoms with Crippen LogP contribution in [0.4, 0.5) is 18.0 Å². The first-order valence-electron chi connectivity index (χ1n) is 7.42. The van der Waals surface area contributed by atoms with E-state index in [0.717, 1.165) is 23.3 Å². The molecule has 24 heavy (non-hydrogen) atoms. The van der Waals surface area contributed by atoms with E-state index in [9.17, 15) is 18.0 Å². The molecule has 3 nitrogen and oxygen atoms in total. The highest BCUT2D eigenvalue weighted by atomic mass is 35.5. The number of halogens is 4. The summed E-state index contributed by atoms with van der Waals surface area (Å²) in [5.41, 5.74) is 1.61. The van der Waals surface area contributed by atoms with E-state index >= 15 is 0 Å². The lowest BCUT2D eigenvalue weighted by molar-refractivity contribution is -0.137. The summed E-state index contributed by atoms with van der Waals surface area (Å²) in [6.45, 7) is 5.50. The Labute approximate surface area is 144 Å². The average Bonchev–Trinajstić information content (AvgIpc) is 2.45. The fraction of sp³-hybridized carbons (Fsp3) is 0.471. The number of rotatable bonds is 5. The fourth-order valence-electron chi connectivity index (χ4n) is 1.85. The molecule has 0 saturated carbocycles. The van der Waals surface area contributed by atoms with Gasteiger partial charge in [0.25, 0.3) is 0 Å². The summed E-state index contributed by atoms with van der Waals surface area (Å²) >= 11 is 5.73. The van der Waals surface area contributed by atoms with Gasteiger partial charge in [0.1, 0.15) is 5.60 Å². The molecule has 134 valence electrons. The van der Waals surface area contributed by atoms with Crippen LogP contribution >= 0.6 is 11.6 Å². The molecule has 1 N–H and O–H groups in total. The number of ether oxygens (including phenoxy) is 1. The van der Waals surface area contributed by atoms with Crippen molar-refractivity contribution in [3.05, 3.63) is 46.5 Å². The Kier molecular flexibility index (Phi) is 7.14. The van der Waals surface area contributed by atoms with Gasteiger partial charge in [-0.25, -0.2) is 4.79 Å². The van der Waals surface area contributed by atoms with Crippen molar-refractivity contribution in [1.82, 2.24) is 5.32 Å². The lowest BCUT2D eigenvalue weighted by Gasteiger charge is -2.20. The first-order chi connectivity index (χ1) is 11.0. The highest BCUT2D eigenvalue weighted by Gasteiger charge is 2.29. The molecule has 7 heteroatoms. The number of carbonyl (C=O) groups excluding carboxylic acids is 1. The molecular formula is C17H21ClF3NO2. The third kappa shape index (κ3) is 7.73. The van der Waals surface area contributed by atoms with E-state index in [-0.39, 0.29) is 6.54 Å². The second-order valence-electron chi connectivity index (χ2n) is 6.32. The molecule has 0 fully saturated rings. The molecule has 0 atom stereocenters. The van der Waals surface area contributed by atoms with Gasteiger partial charge in [0.2, 0.25) is 0 Å². The van der Waals surface area contributed by atoms with Crippen LogP contribution in [-0.4, -0.2) is 18.2 Å². The molecule has 1 aromatic carbocycles. The average molecular weight is 364 g/mol. The van der Waals surface area contributed by atoms with E-state index < -0.39 is 23.4 Å². The van der Waals surface area contributed by atoms with Gasteiger partial charge in [0.05, 0.1) is 5.56 Å². The van der Waals surface area contributed by atoms with Gasteiger partial charge in [-0.05, 0) is 56.9 Å². The van der Waals surface area contributed by atoms with Crippen LogP contribution < -0.4 is 5.32 Å². The fourth-order valence-corrected chi connectivity index (χ4v) is 2.03. The smallest absolute Gasteiger partial charge is 0.416 e. The summed E-state index contributed by atoms with van der Waals surface area (Å²) in [6, 6.07) is 4.99. The molecule has 0 aromatic heterocycles. The largest absolute Gasteiger partial charge is 0.444 e. The SMILES string of the molecule is CC(C)(C)OC(=O)NC/C(=C/Cl)CCc1ccc(C(F)(F)F)cc1. The van der Waals surface area contributed by atoms with Crippen LogP contribution in [0.15, 0.2) is 35.4 Å². The Bertz CT molecular complexity index is 575. The summed E-state index contributed by atoms with van der Waals surface area (Å²) in [4.78, 5) is 11.6. The first kappa shape index (κ1) is 20.4. The minimum Gasteiger partial charge on any atom is -0.444 e. The predicted octanol–water partition coefficient (Wildman–Crippen LogP) is 5.29. The summed E-state index contributed by atoms with van der Waals surface area (Å²) in [7, 11) is 0. The van der Waals surface area contributed by atoms with Crippen molar-refractivity contribution in [2.75, 3.05) is 6.54 Å². The number of hydrogen-bond donors (Lipinski definition) is 1. The first-order valence-corrected chi connectivity index (χ1v) is 7.86. The van der Waals surface area contributed by atoms with Crippen LogP contribution in [0.2, 0.25) is 0 Å². The number of aryl methyl sites for hydroxylation is 1. The van der Waals surface area contributed by atoms with Gasteiger partial charge in [-0.3, -0.25) is 0 Å². The topological polar surface area (TPSA) is 38.3 Å². The number of nitrogens with one attached hydrogen (secondary N) is 1. The third-order valence-corrected chi connectivity index (χ3v) is 3.34. The third-order valence-electron chi connectivity index (χ3n) is 3.03. The Morgan fingerprint density at radius 3 is 2.25 bits per heavy atom.